The quantitative estimate of drug-likeness (QED) is 0.487. The van der Waals surface area contributed by atoms with Crippen LogP contribution in [-0.4, -0.2) is 7.11 Å². The largest absolute Gasteiger partial charge is 0.857 e. The maximum absolute atomic E-state index is 8.25. The van der Waals surface area contributed by atoms with Crippen LogP contribution in [0.15, 0.2) is 18.2 Å². The molecular formula is C9H14IrO-2. The van der Waals surface area contributed by atoms with E-state index in [1.165, 1.54) is 19.3 Å². The normalized spacial score (nSPS) is 18.0. The molecule has 67 valence electrons. The first-order chi connectivity index (χ1) is 5.00. The minimum absolute atomic E-state index is 0. The van der Waals surface area contributed by atoms with Crippen molar-refractivity contribution in [1.29, 1.82) is 0 Å². The van der Waals surface area contributed by atoms with Gasteiger partial charge in [0.2, 0.25) is 0 Å². The van der Waals surface area contributed by atoms with Crippen LogP contribution in [0.5, 0.6) is 0 Å². The molecule has 1 aliphatic rings. The van der Waals surface area contributed by atoms with Crippen LogP contribution < -0.4 is 5.11 Å². The molecule has 0 heterocycles. The van der Waals surface area contributed by atoms with Crippen LogP contribution in [0.2, 0.25) is 0 Å². The van der Waals surface area contributed by atoms with Crippen molar-refractivity contribution in [2.24, 2.45) is 0 Å². The summed E-state index contributed by atoms with van der Waals surface area (Å²) in [6, 6.07) is 0. The van der Waals surface area contributed by atoms with E-state index >= 15 is 0 Å². The molecule has 1 rings (SSSR count). The van der Waals surface area contributed by atoms with Crippen molar-refractivity contribution >= 4 is 0 Å². The van der Waals surface area contributed by atoms with Crippen LogP contribution in [0, 0.1) is 6.08 Å². The molecule has 11 heavy (non-hydrogen) atoms. The Morgan fingerprint density at radius 2 is 1.73 bits per heavy atom. The average molecular weight is 330 g/mol. The van der Waals surface area contributed by atoms with Gasteiger partial charge < -0.3 is 11.2 Å². The summed E-state index contributed by atoms with van der Waals surface area (Å²) in [5.41, 5.74) is 0. The van der Waals surface area contributed by atoms with Crippen LogP contribution in [0.25, 0.3) is 0 Å². The first kappa shape index (κ1) is 13.7. The van der Waals surface area contributed by atoms with Crippen molar-refractivity contribution in [2.75, 3.05) is 7.11 Å². The summed E-state index contributed by atoms with van der Waals surface area (Å²) in [7, 11) is 0.750. The summed E-state index contributed by atoms with van der Waals surface area (Å²) < 4.78 is 0. The number of allylic oxidation sites excluding steroid dienone is 4. The van der Waals surface area contributed by atoms with Gasteiger partial charge in [-0.05, 0) is 6.42 Å². The van der Waals surface area contributed by atoms with E-state index in [-0.39, 0.29) is 20.1 Å². The molecule has 0 aromatic heterocycles. The minimum atomic E-state index is 0. The molecule has 1 radical (unpaired) electrons. The van der Waals surface area contributed by atoms with E-state index in [1.807, 2.05) is 0 Å². The summed E-state index contributed by atoms with van der Waals surface area (Å²) in [6.45, 7) is 0. The Labute approximate surface area is 82.6 Å². The molecule has 0 saturated carbocycles. The predicted molar refractivity (Wildman–Crippen MR) is 41.3 cm³/mol. The van der Waals surface area contributed by atoms with E-state index in [2.05, 4.69) is 24.3 Å². The second-order valence-electron chi connectivity index (χ2n) is 2.00. The summed E-state index contributed by atoms with van der Waals surface area (Å²) in [4.78, 5) is 0. The molecule has 0 amide bonds. The van der Waals surface area contributed by atoms with Gasteiger partial charge in [-0.1, -0.05) is 25.0 Å². The molecule has 0 unspecified atom stereocenters. The van der Waals surface area contributed by atoms with Crippen molar-refractivity contribution in [3.05, 3.63) is 24.3 Å². The molecule has 0 spiro atoms. The Balaban J connectivity index is 0. The summed E-state index contributed by atoms with van der Waals surface area (Å²) in [5, 5.41) is 8.25. The second-order valence-corrected chi connectivity index (χ2v) is 2.00. The fourth-order valence-electron chi connectivity index (χ4n) is 0.786. The smallest absolute Gasteiger partial charge is 0 e. The third kappa shape index (κ3) is 10.1. The Hall–Kier alpha value is 0.0894. The average Bonchev–Trinajstić information content (AvgIpc) is 1.90. The van der Waals surface area contributed by atoms with Crippen LogP contribution >= 0.6 is 0 Å². The molecule has 0 atom stereocenters. The van der Waals surface area contributed by atoms with Crippen molar-refractivity contribution in [3.8, 4) is 0 Å². The van der Waals surface area contributed by atoms with Gasteiger partial charge in [-0.2, -0.15) is 13.5 Å². The fraction of sp³-hybridized carbons (Fsp3) is 0.556. The van der Waals surface area contributed by atoms with E-state index in [9.17, 15) is 0 Å². The van der Waals surface area contributed by atoms with Gasteiger partial charge in [0.15, 0.2) is 0 Å². The van der Waals surface area contributed by atoms with Gasteiger partial charge in [0.25, 0.3) is 0 Å². The number of rotatable bonds is 0. The maximum Gasteiger partial charge on any atom is 0 e. The molecule has 0 saturated heterocycles. The zero-order valence-corrected chi connectivity index (χ0v) is 9.20. The molecule has 0 fully saturated rings. The van der Waals surface area contributed by atoms with Crippen LogP contribution in [0.3, 0.4) is 0 Å². The van der Waals surface area contributed by atoms with Crippen LogP contribution in [0.4, 0.5) is 0 Å². The summed E-state index contributed by atoms with van der Waals surface area (Å²) in [5.74, 6) is 0. The van der Waals surface area contributed by atoms with Crippen molar-refractivity contribution in [2.45, 2.75) is 25.7 Å². The van der Waals surface area contributed by atoms with E-state index in [0.717, 1.165) is 13.5 Å². The summed E-state index contributed by atoms with van der Waals surface area (Å²) >= 11 is 0. The van der Waals surface area contributed by atoms with Gasteiger partial charge in [0, 0.05) is 20.1 Å². The van der Waals surface area contributed by atoms with Gasteiger partial charge in [-0.25, -0.2) is 0 Å². The monoisotopic (exact) mass is 331 g/mol. The molecular weight excluding hydrogens is 316 g/mol. The first-order valence-corrected chi connectivity index (χ1v) is 3.61. The third-order valence-corrected chi connectivity index (χ3v) is 1.24. The zero-order chi connectivity index (χ0) is 7.66. The van der Waals surface area contributed by atoms with Crippen molar-refractivity contribution in [3.63, 3.8) is 0 Å². The van der Waals surface area contributed by atoms with Gasteiger partial charge in [0.1, 0.15) is 0 Å². The van der Waals surface area contributed by atoms with Gasteiger partial charge >= 0.3 is 0 Å². The molecule has 0 N–H and O–H groups in total. The second kappa shape index (κ2) is 12.7. The van der Waals surface area contributed by atoms with Crippen molar-refractivity contribution in [1.82, 2.24) is 0 Å². The molecule has 0 aromatic carbocycles. The molecule has 0 aromatic rings. The van der Waals surface area contributed by atoms with Gasteiger partial charge in [-0.15, -0.1) is 0 Å². The first-order valence-electron chi connectivity index (χ1n) is 3.61. The Bertz CT molecular complexity index is 82.1. The zero-order valence-electron chi connectivity index (χ0n) is 6.80. The van der Waals surface area contributed by atoms with Gasteiger partial charge in [0.05, 0.1) is 0 Å². The van der Waals surface area contributed by atoms with Crippen LogP contribution in [-0.2, 0) is 20.1 Å². The van der Waals surface area contributed by atoms with E-state index < -0.39 is 0 Å². The topological polar surface area (TPSA) is 23.1 Å². The Morgan fingerprint density at radius 1 is 1.09 bits per heavy atom. The minimum Gasteiger partial charge on any atom is -0.857 e. The van der Waals surface area contributed by atoms with E-state index in [1.54, 1.807) is 0 Å². The Kier molecular flexibility index (Phi) is 15.8. The Morgan fingerprint density at radius 3 is 2.45 bits per heavy atom. The van der Waals surface area contributed by atoms with E-state index in [4.69, 9.17) is 5.11 Å². The standard InChI is InChI=1S/C8H11.CH3O.Ir/c1-2-4-6-8-7-5-3-1;1-2;/h1-2,7H,3-6H2;1H3;/q2*-1;/b2-1-;;. The van der Waals surface area contributed by atoms with Crippen molar-refractivity contribution < 1.29 is 25.2 Å². The fourth-order valence-corrected chi connectivity index (χ4v) is 0.786. The van der Waals surface area contributed by atoms with Crippen LogP contribution in [0.1, 0.15) is 25.7 Å². The number of hydrogen-bond acceptors (Lipinski definition) is 1. The molecule has 1 nitrogen and oxygen atoms in total. The van der Waals surface area contributed by atoms with Gasteiger partial charge in [-0.3, -0.25) is 6.08 Å². The number of hydrogen-bond donors (Lipinski definition) is 0. The molecule has 0 bridgehead atoms. The molecule has 0 aliphatic heterocycles. The predicted octanol–water partition coefficient (Wildman–Crippen LogP) is 1.45. The maximum atomic E-state index is 8.25. The summed E-state index contributed by atoms with van der Waals surface area (Å²) in [6.07, 6.45) is 14.5. The molecule has 1 aliphatic carbocycles. The third-order valence-electron chi connectivity index (χ3n) is 1.24. The van der Waals surface area contributed by atoms with E-state index in [0.29, 0.717) is 0 Å². The molecule has 2 heteroatoms. The SMILES string of the molecule is C[O-].[C-]1=CCC/C=C\CC1.[Ir].